The van der Waals surface area contributed by atoms with Gasteiger partial charge in [-0.15, -0.1) is 24.0 Å². The van der Waals surface area contributed by atoms with Gasteiger partial charge < -0.3 is 20.3 Å². The number of nitrogens with one attached hydrogen (secondary N) is 2. The van der Waals surface area contributed by atoms with Crippen LogP contribution in [0, 0.1) is 5.92 Å². The lowest BCUT2D eigenvalue weighted by molar-refractivity contribution is 0.150. The third-order valence-corrected chi connectivity index (χ3v) is 6.05. The van der Waals surface area contributed by atoms with Crippen LogP contribution in [-0.2, 0) is 16.7 Å². The Bertz CT molecular complexity index is 642. The molecule has 0 spiro atoms. The quantitative estimate of drug-likeness (QED) is 0.331. The third kappa shape index (κ3) is 8.00. The molecular formula is C24H41IN4O. The summed E-state index contributed by atoms with van der Waals surface area (Å²) in [6.07, 6.45) is 3.59. The molecule has 170 valence electrons. The summed E-state index contributed by atoms with van der Waals surface area (Å²) in [6.45, 7) is 15.9. The van der Waals surface area contributed by atoms with E-state index in [2.05, 4.69) is 67.5 Å². The van der Waals surface area contributed by atoms with Crippen molar-refractivity contribution in [3.05, 3.63) is 35.4 Å². The summed E-state index contributed by atoms with van der Waals surface area (Å²) in [5.74, 6) is 1.68. The number of piperidine rings is 1. The van der Waals surface area contributed by atoms with Crippen molar-refractivity contribution in [3.8, 4) is 0 Å². The molecule has 2 aliphatic heterocycles. The van der Waals surface area contributed by atoms with Crippen LogP contribution in [0.1, 0.15) is 58.1 Å². The molecule has 1 aromatic rings. The van der Waals surface area contributed by atoms with Crippen LogP contribution >= 0.6 is 24.0 Å². The van der Waals surface area contributed by atoms with Gasteiger partial charge >= 0.3 is 0 Å². The van der Waals surface area contributed by atoms with E-state index >= 15 is 0 Å². The zero-order valence-electron chi connectivity index (χ0n) is 19.2. The molecule has 30 heavy (non-hydrogen) atoms. The predicted octanol–water partition coefficient (Wildman–Crippen LogP) is 4.16. The molecule has 0 bridgehead atoms. The van der Waals surface area contributed by atoms with Gasteiger partial charge in [0.25, 0.3) is 0 Å². The Morgan fingerprint density at radius 1 is 1.13 bits per heavy atom. The molecule has 3 rings (SSSR count). The number of benzene rings is 1. The van der Waals surface area contributed by atoms with Gasteiger partial charge in [-0.05, 0) is 48.6 Å². The van der Waals surface area contributed by atoms with E-state index in [4.69, 9.17) is 9.73 Å². The molecule has 2 aliphatic rings. The SMILES string of the molecule is CCNC(=NCc1ccc(C(C)(C)C)cc1)NC1CCN(CC2CCOC2)CC1.I. The smallest absolute Gasteiger partial charge is 0.191 e. The standard InChI is InChI=1S/C24H40N4O.HI/c1-5-25-23(26-16-19-6-8-21(9-7-19)24(2,3)4)27-22-10-13-28(14-11-22)17-20-12-15-29-18-20;/h6-9,20,22H,5,10-18H2,1-4H3,(H2,25,26,27);1H. The Morgan fingerprint density at radius 3 is 2.40 bits per heavy atom. The number of nitrogens with zero attached hydrogens (tertiary/aromatic N) is 2. The summed E-state index contributed by atoms with van der Waals surface area (Å²) in [5, 5.41) is 7.08. The minimum Gasteiger partial charge on any atom is -0.381 e. The van der Waals surface area contributed by atoms with E-state index in [-0.39, 0.29) is 29.4 Å². The van der Waals surface area contributed by atoms with Crippen molar-refractivity contribution in [1.82, 2.24) is 15.5 Å². The van der Waals surface area contributed by atoms with E-state index in [1.54, 1.807) is 0 Å². The molecular weight excluding hydrogens is 487 g/mol. The van der Waals surface area contributed by atoms with E-state index in [1.807, 2.05) is 0 Å². The van der Waals surface area contributed by atoms with Gasteiger partial charge in [-0.3, -0.25) is 0 Å². The molecule has 6 heteroatoms. The summed E-state index contributed by atoms with van der Waals surface area (Å²) in [6, 6.07) is 9.39. The first-order valence-electron chi connectivity index (χ1n) is 11.4. The number of ether oxygens (including phenoxy) is 1. The molecule has 1 aromatic carbocycles. The topological polar surface area (TPSA) is 48.9 Å². The van der Waals surface area contributed by atoms with Crippen molar-refractivity contribution in [3.63, 3.8) is 0 Å². The molecule has 0 aliphatic carbocycles. The van der Waals surface area contributed by atoms with Crippen LogP contribution in [0.3, 0.4) is 0 Å². The molecule has 1 atom stereocenters. The molecule has 0 radical (unpaired) electrons. The molecule has 1 unspecified atom stereocenters. The Morgan fingerprint density at radius 2 is 1.83 bits per heavy atom. The van der Waals surface area contributed by atoms with Crippen molar-refractivity contribution in [2.45, 2.75) is 65.0 Å². The Kier molecular flexibility index (Phi) is 10.4. The van der Waals surface area contributed by atoms with Gasteiger partial charge in [-0.25, -0.2) is 4.99 Å². The van der Waals surface area contributed by atoms with Gasteiger partial charge in [0.15, 0.2) is 5.96 Å². The highest BCUT2D eigenvalue weighted by Gasteiger charge is 2.24. The number of rotatable bonds is 6. The highest BCUT2D eigenvalue weighted by molar-refractivity contribution is 14.0. The second kappa shape index (κ2) is 12.2. The summed E-state index contributed by atoms with van der Waals surface area (Å²) < 4.78 is 5.52. The first-order valence-corrected chi connectivity index (χ1v) is 11.4. The number of halogens is 1. The maximum atomic E-state index is 5.52. The van der Waals surface area contributed by atoms with Crippen LogP contribution in [0.2, 0.25) is 0 Å². The first-order chi connectivity index (χ1) is 13.9. The van der Waals surface area contributed by atoms with Crippen LogP contribution in [0.25, 0.3) is 0 Å². The lowest BCUT2D eigenvalue weighted by atomic mass is 9.87. The Labute approximate surface area is 200 Å². The van der Waals surface area contributed by atoms with Gasteiger partial charge in [-0.1, -0.05) is 45.0 Å². The number of hydrogen-bond donors (Lipinski definition) is 2. The predicted molar refractivity (Wildman–Crippen MR) is 137 cm³/mol. The third-order valence-electron chi connectivity index (χ3n) is 6.05. The van der Waals surface area contributed by atoms with E-state index in [9.17, 15) is 0 Å². The minimum atomic E-state index is 0. The highest BCUT2D eigenvalue weighted by atomic mass is 127. The van der Waals surface area contributed by atoms with Crippen LogP contribution < -0.4 is 10.6 Å². The van der Waals surface area contributed by atoms with Crippen molar-refractivity contribution in [2.75, 3.05) is 39.4 Å². The largest absolute Gasteiger partial charge is 0.381 e. The number of hydrogen-bond acceptors (Lipinski definition) is 3. The maximum Gasteiger partial charge on any atom is 0.191 e. The van der Waals surface area contributed by atoms with Gasteiger partial charge in [0.1, 0.15) is 0 Å². The highest BCUT2D eigenvalue weighted by Crippen LogP contribution is 2.22. The van der Waals surface area contributed by atoms with Crippen molar-refractivity contribution < 1.29 is 4.74 Å². The van der Waals surface area contributed by atoms with Gasteiger partial charge in [-0.2, -0.15) is 0 Å². The summed E-state index contributed by atoms with van der Waals surface area (Å²) in [4.78, 5) is 7.45. The van der Waals surface area contributed by atoms with E-state index in [0.29, 0.717) is 12.6 Å². The molecule has 0 aromatic heterocycles. The Balaban J connectivity index is 0.00000320. The zero-order chi connectivity index (χ0) is 20.7. The van der Waals surface area contributed by atoms with E-state index < -0.39 is 0 Å². The minimum absolute atomic E-state index is 0. The van der Waals surface area contributed by atoms with Crippen molar-refractivity contribution in [1.29, 1.82) is 0 Å². The molecule has 5 nitrogen and oxygen atoms in total. The number of likely N-dealkylation sites (tertiary alicyclic amines) is 1. The summed E-state index contributed by atoms with van der Waals surface area (Å²) in [7, 11) is 0. The van der Waals surface area contributed by atoms with E-state index in [1.165, 1.54) is 50.0 Å². The van der Waals surface area contributed by atoms with Crippen LogP contribution in [0.4, 0.5) is 0 Å². The average Bonchev–Trinajstić information content (AvgIpc) is 3.20. The second-order valence-electron chi connectivity index (χ2n) is 9.59. The zero-order valence-corrected chi connectivity index (χ0v) is 21.6. The van der Waals surface area contributed by atoms with Crippen molar-refractivity contribution in [2.24, 2.45) is 10.9 Å². The van der Waals surface area contributed by atoms with Crippen LogP contribution in [0.15, 0.2) is 29.3 Å². The summed E-state index contributed by atoms with van der Waals surface area (Å²) >= 11 is 0. The average molecular weight is 529 g/mol. The summed E-state index contributed by atoms with van der Waals surface area (Å²) in [5.41, 5.74) is 2.81. The van der Waals surface area contributed by atoms with Crippen LogP contribution in [0.5, 0.6) is 0 Å². The van der Waals surface area contributed by atoms with Crippen molar-refractivity contribution >= 4 is 29.9 Å². The number of aliphatic imine (C=N–C) groups is 1. The molecule has 2 N–H and O–H groups in total. The monoisotopic (exact) mass is 528 g/mol. The fraction of sp³-hybridized carbons (Fsp3) is 0.708. The fourth-order valence-corrected chi connectivity index (χ4v) is 4.15. The lowest BCUT2D eigenvalue weighted by Crippen LogP contribution is -2.49. The van der Waals surface area contributed by atoms with Gasteiger partial charge in [0, 0.05) is 38.8 Å². The molecule has 2 fully saturated rings. The van der Waals surface area contributed by atoms with Gasteiger partial charge in [0.2, 0.25) is 0 Å². The first kappa shape index (κ1) is 25.4. The Hall–Kier alpha value is -0.860. The fourth-order valence-electron chi connectivity index (χ4n) is 4.15. The molecule has 0 amide bonds. The molecule has 2 saturated heterocycles. The molecule has 0 saturated carbocycles. The van der Waals surface area contributed by atoms with E-state index in [0.717, 1.165) is 31.6 Å². The van der Waals surface area contributed by atoms with Crippen LogP contribution in [-0.4, -0.2) is 56.3 Å². The second-order valence-corrected chi connectivity index (χ2v) is 9.59. The van der Waals surface area contributed by atoms with Gasteiger partial charge in [0.05, 0.1) is 13.2 Å². The lowest BCUT2D eigenvalue weighted by Gasteiger charge is -2.34. The number of guanidine groups is 1. The normalized spacial score (nSPS) is 21.3. The molecule has 2 heterocycles. The maximum absolute atomic E-state index is 5.52.